The standard InChI is InChI=1S/C38H44N2O.C2H6/c1-5-29(3)38(40-28-33-13-8-7-9-14-33)18-12-15-31-19-21-32(22-20-31)25-36(30(4)27-39)26-37(41)24-23-35-17-11-10-16-34(35)6-2;1-2/h5,8,10-11,13-14,16-17,19-22,28,36H,1,4,6-7,9,12,15,18,23-26H2,2-3H3;1-2H3/b38-29-,40-28?;. The molecule has 0 fully saturated rings. The summed E-state index contributed by atoms with van der Waals surface area (Å²) in [6.07, 6.45) is 18.6. The van der Waals surface area contributed by atoms with E-state index >= 15 is 0 Å². The van der Waals surface area contributed by atoms with Crippen molar-refractivity contribution in [1.82, 2.24) is 0 Å². The lowest BCUT2D eigenvalue weighted by Gasteiger charge is -2.16. The Morgan fingerprint density at radius 3 is 2.35 bits per heavy atom. The zero-order valence-electron chi connectivity index (χ0n) is 26.9. The minimum absolute atomic E-state index is 0.165. The maximum absolute atomic E-state index is 12.9. The summed E-state index contributed by atoms with van der Waals surface area (Å²) >= 11 is 0. The Balaban J connectivity index is 0.00000316. The normalized spacial score (nSPS) is 13.7. The fourth-order valence-corrected chi connectivity index (χ4v) is 5.16. The summed E-state index contributed by atoms with van der Waals surface area (Å²) in [5, 5.41) is 9.54. The second-order valence-corrected chi connectivity index (χ2v) is 10.8. The molecular formula is C40H50N2O. The maximum atomic E-state index is 12.9. The molecule has 1 atom stereocenters. The van der Waals surface area contributed by atoms with Gasteiger partial charge in [0.2, 0.25) is 0 Å². The molecule has 43 heavy (non-hydrogen) atoms. The van der Waals surface area contributed by atoms with Crippen molar-refractivity contribution < 1.29 is 4.79 Å². The molecule has 2 aromatic rings. The number of carbonyl (C=O) groups is 1. The summed E-state index contributed by atoms with van der Waals surface area (Å²) in [5.41, 5.74) is 8.78. The van der Waals surface area contributed by atoms with Gasteiger partial charge in [-0.05, 0) is 91.7 Å². The topological polar surface area (TPSA) is 53.2 Å². The summed E-state index contributed by atoms with van der Waals surface area (Å²) in [7, 11) is 0. The van der Waals surface area contributed by atoms with Gasteiger partial charge in [-0.15, -0.1) is 0 Å². The number of allylic oxidation sites excluding steroid dienone is 8. The molecule has 3 rings (SSSR count). The van der Waals surface area contributed by atoms with E-state index < -0.39 is 0 Å². The van der Waals surface area contributed by atoms with Crippen LogP contribution in [-0.4, -0.2) is 12.0 Å². The Morgan fingerprint density at radius 1 is 1.02 bits per heavy atom. The quantitative estimate of drug-likeness (QED) is 0.114. The third-order valence-electron chi connectivity index (χ3n) is 7.82. The van der Waals surface area contributed by atoms with Crippen LogP contribution >= 0.6 is 0 Å². The average molecular weight is 575 g/mol. The first-order chi connectivity index (χ1) is 20.9. The maximum Gasteiger partial charge on any atom is 0.133 e. The zero-order chi connectivity index (χ0) is 31.5. The van der Waals surface area contributed by atoms with Gasteiger partial charge in [-0.2, -0.15) is 5.26 Å². The van der Waals surface area contributed by atoms with Crippen molar-refractivity contribution in [3.05, 3.63) is 131 Å². The Kier molecular flexibility index (Phi) is 16.3. The number of benzene rings is 2. The van der Waals surface area contributed by atoms with Gasteiger partial charge in [0.05, 0.1) is 6.07 Å². The fourth-order valence-electron chi connectivity index (χ4n) is 5.16. The molecule has 1 aliphatic rings. The van der Waals surface area contributed by atoms with Gasteiger partial charge in [0.25, 0.3) is 0 Å². The molecule has 0 bridgehead atoms. The van der Waals surface area contributed by atoms with Gasteiger partial charge >= 0.3 is 0 Å². The molecule has 0 heterocycles. The molecule has 0 aromatic heterocycles. The van der Waals surface area contributed by atoms with E-state index in [1.54, 1.807) is 0 Å². The van der Waals surface area contributed by atoms with Gasteiger partial charge in [-0.25, -0.2) is 0 Å². The first-order valence-electron chi connectivity index (χ1n) is 15.9. The highest BCUT2D eigenvalue weighted by Crippen LogP contribution is 2.23. The molecule has 1 aliphatic carbocycles. The molecule has 0 N–H and O–H groups in total. The summed E-state index contributed by atoms with van der Waals surface area (Å²) in [6, 6.07) is 19.1. The number of hydrogen-bond acceptors (Lipinski definition) is 3. The Labute approximate surface area is 261 Å². The lowest BCUT2D eigenvalue weighted by Crippen LogP contribution is -2.14. The SMILES string of the molecule is C=C/C(C)=C(/CCCc1ccc(CC(CC(=O)CCc2ccccc2CC)C(=C)C#N)cc1)N=CC1=CCCC=C1.CC. The van der Waals surface area contributed by atoms with Crippen molar-refractivity contribution in [3.8, 4) is 6.07 Å². The second kappa shape index (κ2) is 20.0. The monoisotopic (exact) mass is 574 g/mol. The Hall–Kier alpha value is -4.03. The Bertz CT molecular complexity index is 1360. The van der Waals surface area contributed by atoms with Crippen LogP contribution in [-0.2, 0) is 30.5 Å². The summed E-state index contributed by atoms with van der Waals surface area (Å²) < 4.78 is 0. The molecule has 0 spiro atoms. The highest BCUT2D eigenvalue weighted by Gasteiger charge is 2.18. The first-order valence-corrected chi connectivity index (χ1v) is 15.9. The van der Waals surface area contributed by atoms with Crippen LogP contribution in [0.15, 0.2) is 113 Å². The second-order valence-electron chi connectivity index (χ2n) is 10.8. The van der Waals surface area contributed by atoms with Crippen LogP contribution < -0.4 is 0 Å². The summed E-state index contributed by atoms with van der Waals surface area (Å²) in [5.74, 6) is 0.0207. The molecule has 0 saturated heterocycles. The largest absolute Gasteiger partial charge is 0.300 e. The van der Waals surface area contributed by atoms with Crippen LogP contribution in [0.4, 0.5) is 0 Å². The van der Waals surface area contributed by atoms with E-state index in [9.17, 15) is 10.1 Å². The molecule has 0 saturated carbocycles. The van der Waals surface area contributed by atoms with Gasteiger partial charge in [0.1, 0.15) is 5.78 Å². The number of hydrogen-bond donors (Lipinski definition) is 0. The van der Waals surface area contributed by atoms with Gasteiger partial charge in [0.15, 0.2) is 0 Å². The van der Waals surface area contributed by atoms with Gasteiger partial charge in [-0.3, -0.25) is 9.79 Å². The molecule has 1 unspecified atom stereocenters. The molecule has 226 valence electrons. The third-order valence-corrected chi connectivity index (χ3v) is 7.82. The number of carbonyl (C=O) groups excluding carboxylic acids is 1. The lowest BCUT2D eigenvalue weighted by molar-refractivity contribution is -0.119. The highest BCUT2D eigenvalue weighted by atomic mass is 16.1. The number of Topliss-reactive ketones (excluding diaryl/α,β-unsaturated/α-hetero) is 1. The van der Waals surface area contributed by atoms with E-state index in [1.165, 1.54) is 22.3 Å². The number of nitrogens with zero attached hydrogens (tertiary/aromatic N) is 2. The predicted molar refractivity (Wildman–Crippen MR) is 184 cm³/mol. The smallest absolute Gasteiger partial charge is 0.133 e. The van der Waals surface area contributed by atoms with Crippen molar-refractivity contribution in [1.29, 1.82) is 5.26 Å². The predicted octanol–water partition coefficient (Wildman–Crippen LogP) is 10.2. The van der Waals surface area contributed by atoms with Gasteiger partial charge in [-0.1, -0.05) is 107 Å². The molecule has 3 heteroatoms. The van der Waals surface area contributed by atoms with E-state index in [1.807, 2.05) is 38.3 Å². The molecule has 3 nitrogen and oxygen atoms in total. The number of nitriles is 1. The summed E-state index contributed by atoms with van der Waals surface area (Å²) in [4.78, 5) is 17.7. The lowest BCUT2D eigenvalue weighted by atomic mass is 9.87. The highest BCUT2D eigenvalue weighted by molar-refractivity contribution is 5.83. The third kappa shape index (κ3) is 12.4. The van der Waals surface area contributed by atoms with E-state index in [0.717, 1.165) is 61.8 Å². The summed E-state index contributed by atoms with van der Waals surface area (Å²) in [6.45, 7) is 16.1. The fraction of sp³-hybridized carbons (Fsp3) is 0.375. The number of ketones is 1. The van der Waals surface area contributed by atoms with Crippen LogP contribution in [0.25, 0.3) is 0 Å². The molecule has 0 amide bonds. The minimum Gasteiger partial charge on any atom is -0.300 e. The molecule has 2 aromatic carbocycles. The van der Waals surface area contributed by atoms with Crippen LogP contribution in [0.2, 0.25) is 0 Å². The number of aryl methyl sites for hydroxylation is 3. The Morgan fingerprint density at radius 2 is 1.72 bits per heavy atom. The molecule has 0 aliphatic heterocycles. The van der Waals surface area contributed by atoms with Crippen LogP contribution in [0.1, 0.15) is 88.5 Å². The van der Waals surface area contributed by atoms with Crippen molar-refractivity contribution in [3.63, 3.8) is 0 Å². The van der Waals surface area contributed by atoms with E-state index in [-0.39, 0.29) is 11.7 Å². The van der Waals surface area contributed by atoms with Crippen molar-refractivity contribution in [2.45, 2.75) is 91.9 Å². The minimum atomic E-state index is -0.165. The average Bonchev–Trinajstić information content (AvgIpc) is 3.06. The van der Waals surface area contributed by atoms with Crippen molar-refractivity contribution >= 4 is 12.0 Å². The van der Waals surface area contributed by atoms with Crippen LogP contribution in [0, 0.1) is 17.2 Å². The van der Waals surface area contributed by atoms with Crippen molar-refractivity contribution in [2.75, 3.05) is 0 Å². The number of aliphatic imine (C=N–C) groups is 1. The van der Waals surface area contributed by atoms with Crippen LogP contribution in [0.5, 0.6) is 0 Å². The molecular weight excluding hydrogens is 524 g/mol. The number of rotatable bonds is 16. The van der Waals surface area contributed by atoms with Gasteiger partial charge < -0.3 is 0 Å². The van der Waals surface area contributed by atoms with Crippen LogP contribution in [0.3, 0.4) is 0 Å². The first kappa shape index (κ1) is 35.2. The van der Waals surface area contributed by atoms with E-state index in [2.05, 4.69) is 87.7 Å². The van der Waals surface area contributed by atoms with E-state index in [4.69, 9.17) is 4.99 Å². The zero-order valence-corrected chi connectivity index (χ0v) is 26.9. The van der Waals surface area contributed by atoms with E-state index in [0.29, 0.717) is 24.8 Å². The van der Waals surface area contributed by atoms with Crippen molar-refractivity contribution in [2.24, 2.45) is 10.9 Å². The molecule has 0 radical (unpaired) electrons. The van der Waals surface area contributed by atoms with Gasteiger partial charge in [0, 0.05) is 36.2 Å².